The first kappa shape index (κ1) is 26.3. The van der Waals surface area contributed by atoms with E-state index in [1.165, 1.54) is 24.2 Å². The highest BCUT2D eigenvalue weighted by molar-refractivity contribution is 6.02. The van der Waals surface area contributed by atoms with E-state index in [0.29, 0.717) is 23.6 Å². The van der Waals surface area contributed by atoms with Crippen molar-refractivity contribution in [2.45, 2.75) is 59.0 Å². The van der Waals surface area contributed by atoms with Gasteiger partial charge in [0.2, 0.25) is 5.89 Å². The van der Waals surface area contributed by atoms with Crippen LogP contribution in [0.2, 0.25) is 0 Å². The van der Waals surface area contributed by atoms with E-state index in [4.69, 9.17) is 13.7 Å². The summed E-state index contributed by atoms with van der Waals surface area (Å²) in [4.78, 5) is 29.1. The molecule has 11 nitrogen and oxygen atoms in total. The van der Waals surface area contributed by atoms with Gasteiger partial charge >= 0.3 is 12.1 Å². The summed E-state index contributed by atoms with van der Waals surface area (Å²) >= 11 is 0. The minimum atomic E-state index is -0.657. The van der Waals surface area contributed by atoms with Crippen LogP contribution in [0.4, 0.5) is 16.5 Å². The molecule has 11 heteroatoms. The third-order valence-corrected chi connectivity index (χ3v) is 5.81. The predicted octanol–water partition coefficient (Wildman–Crippen LogP) is 4.90. The van der Waals surface area contributed by atoms with Crippen LogP contribution in [-0.4, -0.2) is 64.0 Å². The zero-order chi connectivity index (χ0) is 26.4. The lowest BCUT2D eigenvalue weighted by Crippen LogP contribution is -2.39. The Hall–Kier alpha value is -3.73. The van der Waals surface area contributed by atoms with Crippen molar-refractivity contribution in [1.82, 2.24) is 20.3 Å². The van der Waals surface area contributed by atoms with Gasteiger partial charge in [-0.25, -0.2) is 9.69 Å². The third-order valence-electron chi connectivity index (χ3n) is 5.81. The summed E-state index contributed by atoms with van der Waals surface area (Å²) in [5.74, 6) is 0.437. The fraction of sp³-hybridized carbons (Fsp3) is 0.500. The van der Waals surface area contributed by atoms with Crippen molar-refractivity contribution >= 4 is 23.7 Å². The average Bonchev–Trinajstić information content (AvgIpc) is 3.51. The van der Waals surface area contributed by atoms with Gasteiger partial charge in [-0.2, -0.15) is 0 Å². The third kappa shape index (κ3) is 7.39. The molecule has 0 atom stereocenters. The number of carbonyl (C=O) groups excluding carboxylic acids is 2. The van der Waals surface area contributed by atoms with Crippen molar-refractivity contribution in [3.8, 4) is 11.5 Å². The maximum absolute atomic E-state index is 13.0. The topological polar surface area (TPSA) is 127 Å². The zero-order valence-electron chi connectivity index (χ0n) is 21.8. The van der Waals surface area contributed by atoms with E-state index in [-0.39, 0.29) is 23.5 Å². The Morgan fingerprint density at radius 1 is 1.11 bits per heavy atom. The Bertz CT molecular complexity index is 1190. The smallest absolute Gasteiger partial charge is 0.418 e. The highest BCUT2D eigenvalue weighted by atomic mass is 16.6. The van der Waals surface area contributed by atoms with E-state index in [9.17, 15) is 9.59 Å². The predicted molar refractivity (Wildman–Crippen MR) is 137 cm³/mol. The lowest BCUT2D eigenvalue weighted by molar-refractivity contribution is 0.0571. The largest absolute Gasteiger partial charge is 0.443 e. The molecule has 0 saturated carbocycles. The van der Waals surface area contributed by atoms with Crippen molar-refractivity contribution < 1.29 is 23.3 Å². The van der Waals surface area contributed by atoms with Crippen LogP contribution < -0.4 is 10.2 Å². The number of benzene rings is 1. The van der Waals surface area contributed by atoms with Gasteiger partial charge in [0.05, 0.1) is 0 Å². The molecule has 0 aliphatic carbocycles. The molecule has 2 aromatic heterocycles. The second-order valence-corrected chi connectivity index (χ2v) is 10.1. The molecular weight excluding hydrogens is 476 g/mol. The standard InChI is InChI=1S/C26H34N6O5/c1-18-17-21(30-37-18)22(33)27-20-11-9-19(10-12-20)23-28-29-24(35-23)32(25(34)36-26(2,3)4)16-8-15-31-13-6-5-7-14-31/h9-12,17H,5-8,13-16H2,1-4H3,(H,27,33). The van der Waals surface area contributed by atoms with Gasteiger partial charge in [-0.05, 0) is 90.9 Å². The van der Waals surface area contributed by atoms with Crippen molar-refractivity contribution in [3.05, 3.63) is 41.8 Å². The highest BCUT2D eigenvalue weighted by Gasteiger charge is 2.27. The summed E-state index contributed by atoms with van der Waals surface area (Å²) in [6.45, 7) is 10.6. The Labute approximate surface area is 216 Å². The summed E-state index contributed by atoms with van der Waals surface area (Å²) in [5, 5.41) is 14.7. The van der Waals surface area contributed by atoms with Crippen LogP contribution in [0.1, 0.15) is 62.7 Å². The number of carbonyl (C=O) groups is 2. The first-order chi connectivity index (χ1) is 17.7. The Balaban J connectivity index is 1.43. The van der Waals surface area contributed by atoms with Crippen LogP contribution in [0.5, 0.6) is 0 Å². The molecular formula is C26H34N6O5. The number of nitrogens with zero attached hydrogens (tertiary/aromatic N) is 5. The van der Waals surface area contributed by atoms with E-state index in [1.54, 1.807) is 37.3 Å². The zero-order valence-corrected chi connectivity index (χ0v) is 21.8. The summed E-state index contributed by atoms with van der Waals surface area (Å²) in [7, 11) is 0. The van der Waals surface area contributed by atoms with Gasteiger partial charge in [0.25, 0.3) is 5.91 Å². The van der Waals surface area contributed by atoms with Gasteiger partial charge < -0.3 is 23.9 Å². The molecule has 0 radical (unpaired) electrons. The van der Waals surface area contributed by atoms with Gasteiger partial charge in [0.15, 0.2) is 5.69 Å². The van der Waals surface area contributed by atoms with E-state index in [2.05, 4.69) is 25.6 Å². The molecule has 1 aliphatic rings. The van der Waals surface area contributed by atoms with Crippen molar-refractivity contribution in [2.75, 3.05) is 36.4 Å². The number of likely N-dealkylation sites (tertiary alicyclic amines) is 1. The molecule has 3 heterocycles. The molecule has 3 aromatic rings. The number of aryl methyl sites for hydroxylation is 1. The van der Waals surface area contributed by atoms with Crippen LogP contribution in [-0.2, 0) is 4.74 Å². The van der Waals surface area contributed by atoms with Gasteiger partial charge in [-0.1, -0.05) is 16.7 Å². The Morgan fingerprint density at radius 3 is 2.49 bits per heavy atom. The lowest BCUT2D eigenvalue weighted by atomic mass is 10.1. The molecule has 1 fully saturated rings. The number of amides is 2. The van der Waals surface area contributed by atoms with Crippen LogP contribution in [0, 0.1) is 6.92 Å². The Morgan fingerprint density at radius 2 is 1.84 bits per heavy atom. The fourth-order valence-electron chi connectivity index (χ4n) is 4.02. The fourth-order valence-corrected chi connectivity index (χ4v) is 4.02. The Kier molecular flexibility index (Phi) is 8.22. The monoisotopic (exact) mass is 510 g/mol. The number of aromatic nitrogens is 3. The van der Waals surface area contributed by atoms with Crippen LogP contribution in [0.25, 0.3) is 11.5 Å². The molecule has 4 rings (SSSR count). The lowest BCUT2D eigenvalue weighted by Gasteiger charge is -2.28. The number of hydrogen-bond acceptors (Lipinski definition) is 9. The molecule has 0 spiro atoms. The number of piperidine rings is 1. The van der Waals surface area contributed by atoms with E-state index in [0.717, 1.165) is 26.1 Å². The average molecular weight is 511 g/mol. The van der Waals surface area contributed by atoms with E-state index >= 15 is 0 Å². The van der Waals surface area contributed by atoms with Crippen molar-refractivity contribution in [1.29, 1.82) is 0 Å². The van der Waals surface area contributed by atoms with Gasteiger partial charge in [-0.15, -0.1) is 5.10 Å². The normalized spacial score (nSPS) is 14.4. The summed E-state index contributed by atoms with van der Waals surface area (Å²) in [6.07, 6.45) is 3.94. The molecule has 2 amide bonds. The molecule has 1 aliphatic heterocycles. The van der Waals surface area contributed by atoms with Gasteiger partial charge in [-0.3, -0.25) is 4.79 Å². The summed E-state index contributed by atoms with van der Waals surface area (Å²) < 4.78 is 16.4. The highest BCUT2D eigenvalue weighted by Crippen LogP contribution is 2.25. The first-order valence-electron chi connectivity index (χ1n) is 12.6. The molecule has 37 heavy (non-hydrogen) atoms. The van der Waals surface area contributed by atoms with E-state index in [1.807, 2.05) is 20.8 Å². The molecule has 0 unspecified atom stereocenters. The maximum Gasteiger partial charge on any atom is 0.418 e. The number of nitrogens with one attached hydrogen (secondary N) is 1. The number of hydrogen-bond donors (Lipinski definition) is 1. The van der Waals surface area contributed by atoms with Crippen LogP contribution >= 0.6 is 0 Å². The van der Waals surface area contributed by atoms with Crippen molar-refractivity contribution in [2.24, 2.45) is 0 Å². The van der Waals surface area contributed by atoms with Crippen molar-refractivity contribution in [3.63, 3.8) is 0 Å². The molecule has 1 saturated heterocycles. The molecule has 1 N–H and O–H groups in total. The SMILES string of the molecule is Cc1cc(C(=O)Nc2ccc(-c3nnc(N(CCCN4CCCCC4)C(=O)OC(C)(C)C)o3)cc2)no1. The first-order valence-corrected chi connectivity index (χ1v) is 12.6. The second-order valence-electron chi connectivity index (χ2n) is 10.1. The molecule has 198 valence electrons. The van der Waals surface area contributed by atoms with Crippen LogP contribution in [0.15, 0.2) is 39.3 Å². The van der Waals surface area contributed by atoms with E-state index < -0.39 is 11.7 Å². The molecule has 0 bridgehead atoms. The minimum Gasteiger partial charge on any atom is -0.443 e. The maximum atomic E-state index is 13.0. The summed E-state index contributed by atoms with van der Waals surface area (Å²) in [5.41, 5.74) is 0.759. The second kappa shape index (κ2) is 11.5. The van der Waals surface area contributed by atoms with Crippen LogP contribution in [0.3, 0.4) is 0 Å². The van der Waals surface area contributed by atoms with Gasteiger partial charge in [0.1, 0.15) is 11.4 Å². The number of ether oxygens (including phenoxy) is 1. The quantitative estimate of drug-likeness (QED) is 0.450. The molecule has 1 aromatic carbocycles. The number of rotatable bonds is 8. The van der Waals surface area contributed by atoms with Gasteiger partial charge in [0, 0.05) is 23.9 Å². The minimum absolute atomic E-state index is 0.0849. The summed E-state index contributed by atoms with van der Waals surface area (Å²) in [6, 6.07) is 8.57. The number of anilines is 2.